The third kappa shape index (κ3) is 3.35. The van der Waals surface area contributed by atoms with E-state index in [2.05, 4.69) is 10.3 Å². The maximum absolute atomic E-state index is 9.72. The molecular formula is C15H20N2O2. The van der Waals surface area contributed by atoms with Crippen LogP contribution in [0.3, 0.4) is 0 Å². The van der Waals surface area contributed by atoms with Gasteiger partial charge < -0.3 is 14.8 Å². The molecule has 1 aromatic heterocycles. The maximum atomic E-state index is 9.72. The van der Waals surface area contributed by atoms with Crippen LogP contribution in [0.25, 0.3) is 0 Å². The molecule has 0 atom stereocenters. The summed E-state index contributed by atoms with van der Waals surface area (Å²) in [5.74, 6) is 2.00. The van der Waals surface area contributed by atoms with Crippen molar-refractivity contribution >= 4 is 0 Å². The minimum absolute atomic E-state index is 0.379. The first kappa shape index (κ1) is 13.6. The molecule has 0 aliphatic carbocycles. The van der Waals surface area contributed by atoms with Crippen LogP contribution in [0.5, 0.6) is 5.75 Å². The molecule has 19 heavy (non-hydrogen) atoms. The second-order valence-electron chi connectivity index (χ2n) is 4.76. The summed E-state index contributed by atoms with van der Waals surface area (Å²) in [6.07, 6.45) is 2.63. The number of hydrogen-bond donors (Lipinski definition) is 2. The number of hydrogen-bond acceptors (Lipinski definition) is 4. The van der Waals surface area contributed by atoms with Crippen molar-refractivity contribution in [3.63, 3.8) is 0 Å². The van der Waals surface area contributed by atoms with Crippen molar-refractivity contribution in [1.29, 1.82) is 0 Å². The molecule has 0 spiro atoms. The zero-order valence-corrected chi connectivity index (χ0v) is 11.7. The molecule has 2 aromatic rings. The lowest BCUT2D eigenvalue weighted by Crippen LogP contribution is -2.13. The number of rotatable bonds is 5. The largest absolute Gasteiger partial charge is 0.507 e. The Labute approximate surface area is 113 Å². The fourth-order valence-electron chi connectivity index (χ4n) is 2.05. The number of aromatic nitrogens is 1. The van der Waals surface area contributed by atoms with E-state index in [0.29, 0.717) is 18.2 Å². The topological polar surface area (TPSA) is 58.3 Å². The molecule has 0 amide bonds. The summed E-state index contributed by atoms with van der Waals surface area (Å²) in [4.78, 5) is 4.20. The highest BCUT2D eigenvalue weighted by Crippen LogP contribution is 2.22. The average molecular weight is 260 g/mol. The van der Waals surface area contributed by atoms with Crippen molar-refractivity contribution in [1.82, 2.24) is 10.3 Å². The minimum Gasteiger partial charge on any atom is -0.507 e. The minimum atomic E-state index is 0.379. The molecule has 2 rings (SSSR count). The predicted octanol–water partition coefficient (Wildman–Crippen LogP) is 2.85. The summed E-state index contributed by atoms with van der Waals surface area (Å²) in [7, 11) is 0. The van der Waals surface area contributed by atoms with Crippen molar-refractivity contribution < 1.29 is 9.52 Å². The number of phenolic OH excluding ortho intramolecular Hbond substituents is 1. The van der Waals surface area contributed by atoms with E-state index in [4.69, 9.17) is 4.42 Å². The Kier molecular flexibility index (Phi) is 4.22. The lowest BCUT2D eigenvalue weighted by Gasteiger charge is -2.08. The Morgan fingerprint density at radius 1 is 1.21 bits per heavy atom. The van der Waals surface area contributed by atoms with Crippen LogP contribution in [-0.2, 0) is 19.5 Å². The van der Waals surface area contributed by atoms with E-state index in [0.717, 1.165) is 35.4 Å². The summed E-state index contributed by atoms with van der Waals surface area (Å²) in [5, 5.41) is 13.0. The highest BCUT2D eigenvalue weighted by molar-refractivity contribution is 5.42. The zero-order chi connectivity index (χ0) is 13.8. The number of benzene rings is 1. The maximum Gasteiger partial charge on any atom is 0.208 e. The first-order chi connectivity index (χ1) is 9.10. The van der Waals surface area contributed by atoms with Gasteiger partial charge in [-0.1, -0.05) is 19.1 Å². The van der Waals surface area contributed by atoms with Crippen LogP contribution in [0, 0.1) is 13.8 Å². The first-order valence-corrected chi connectivity index (χ1v) is 6.53. The van der Waals surface area contributed by atoms with E-state index in [1.807, 2.05) is 32.9 Å². The van der Waals surface area contributed by atoms with Gasteiger partial charge in [-0.3, -0.25) is 0 Å². The van der Waals surface area contributed by atoms with Gasteiger partial charge in [-0.05, 0) is 30.5 Å². The fourth-order valence-corrected chi connectivity index (χ4v) is 2.05. The second kappa shape index (κ2) is 5.89. The van der Waals surface area contributed by atoms with Gasteiger partial charge in [0.25, 0.3) is 0 Å². The number of nitrogens with zero attached hydrogens (tertiary/aromatic N) is 1. The van der Waals surface area contributed by atoms with Crippen LogP contribution in [-0.4, -0.2) is 10.1 Å². The molecule has 4 nitrogen and oxygen atoms in total. The van der Waals surface area contributed by atoms with Crippen LogP contribution in [0.4, 0.5) is 0 Å². The highest BCUT2D eigenvalue weighted by atomic mass is 16.4. The number of aromatic hydroxyl groups is 1. The standard InChI is InChI=1S/C15H20N2O2/c1-4-13-8-17-14(19-13)9-16-7-12-5-10(2)15(18)11(3)6-12/h5-6,8,16,18H,4,7,9H2,1-3H3. The molecular weight excluding hydrogens is 240 g/mol. The van der Waals surface area contributed by atoms with Crippen molar-refractivity contribution in [2.24, 2.45) is 0 Å². The fraction of sp³-hybridized carbons (Fsp3) is 0.400. The summed E-state index contributed by atoms with van der Waals surface area (Å²) >= 11 is 0. The summed E-state index contributed by atoms with van der Waals surface area (Å²) in [5.41, 5.74) is 2.96. The lowest BCUT2D eigenvalue weighted by molar-refractivity contribution is 0.438. The van der Waals surface area contributed by atoms with Gasteiger partial charge in [0.2, 0.25) is 5.89 Å². The van der Waals surface area contributed by atoms with Gasteiger partial charge in [0.05, 0.1) is 12.7 Å². The smallest absolute Gasteiger partial charge is 0.208 e. The number of phenols is 1. The molecule has 0 saturated heterocycles. The Hall–Kier alpha value is -1.81. The van der Waals surface area contributed by atoms with Gasteiger partial charge in [0.15, 0.2) is 0 Å². The Morgan fingerprint density at radius 2 is 1.89 bits per heavy atom. The second-order valence-corrected chi connectivity index (χ2v) is 4.76. The highest BCUT2D eigenvalue weighted by Gasteiger charge is 2.05. The van der Waals surface area contributed by atoms with E-state index in [1.54, 1.807) is 6.20 Å². The van der Waals surface area contributed by atoms with Crippen molar-refractivity contribution in [3.8, 4) is 5.75 Å². The lowest BCUT2D eigenvalue weighted by atomic mass is 10.1. The first-order valence-electron chi connectivity index (χ1n) is 6.53. The van der Waals surface area contributed by atoms with Crippen LogP contribution in [0.2, 0.25) is 0 Å². The average Bonchev–Trinajstić information content (AvgIpc) is 2.84. The van der Waals surface area contributed by atoms with Gasteiger partial charge in [-0.15, -0.1) is 0 Å². The molecule has 2 N–H and O–H groups in total. The molecule has 0 radical (unpaired) electrons. The SMILES string of the molecule is CCc1cnc(CNCc2cc(C)c(O)c(C)c2)o1. The normalized spacial score (nSPS) is 10.9. The van der Waals surface area contributed by atoms with Crippen LogP contribution >= 0.6 is 0 Å². The third-order valence-corrected chi connectivity index (χ3v) is 3.11. The molecule has 0 saturated carbocycles. The van der Waals surface area contributed by atoms with Crippen molar-refractivity contribution in [3.05, 3.63) is 46.7 Å². The molecule has 0 aliphatic rings. The van der Waals surface area contributed by atoms with E-state index < -0.39 is 0 Å². The van der Waals surface area contributed by atoms with Gasteiger partial charge >= 0.3 is 0 Å². The molecule has 0 aliphatic heterocycles. The zero-order valence-electron chi connectivity index (χ0n) is 11.7. The molecule has 0 fully saturated rings. The van der Waals surface area contributed by atoms with E-state index in [1.165, 1.54) is 0 Å². The van der Waals surface area contributed by atoms with Crippen LogP contribution in [0.1, 0.15) is 35.3 Å². The number of oxazole rings is 1. The molecule has 1 heterocycles. The molecule has 4 heteroatoms. The molecule has 102 valence electrons. The van der Waals surface area contributed by atoms with Crippen LogP contribution < -0.4 is 5.32 Å². The number of nitrogens with one attached hydrogen (secondary N) is 1. The quantitative estimate of drug-likeness (QED) is 0.868. The monoisotopic (exact) mass is 260 g/mol. The van der Waals surface area contributed by atoms with E-state index >= 15 is 0 Å². The van der Waals surface area contributed by atoms with Crippen molar-refractivity contribution in [2.75, 3.05) is 0 Å². The van der Waals surface area contributed by atoms with Crippen molar-refractivity contribution in [2.45, 2.75) is 40.3 Å². The van der Waals surface area contributed by atoms with Gasteiger partial charge in [-0.25, -0.2) is 4.98 Å². The van der Waals surface area contributed by atoms with Crippen LogP contribution in [0.15, 0.2) is 22.7 Å². The number of aryl methyl sites for hydroxylation is 3. The summed E-state index contributed by atoms with van der Waals surface area (Å²) < 4.78 is 5.52. The Bertz CT molecular complexity index is 538. The third-order valence-electron chi connectivity index (χ3n) is 3.11. The van der Waals surface area contributed by atoms with E-state index in [9.17, 15) is 5.11 Å². The van der Waals surface area contributed by atoms with Gasteiger partial charge in [0.1, 0.15) is 11.5 Å². The Morgan fingerprint density at radius 3 is 2.47 bits per heavy atom. The molecule has 0 bridgehead atoms. The Balaban J connectivity index is 1.92. The van der Waals surface area contributed by atoms with E-state index in [-0.39, 0.29) is 0 Å². The van der Waals surface area contributed by atoms with Gasteiger partial charge in [-0.2, -0.15) is 0 Å². The molecule has 1 aromatic carbocycles. The molecule has 0 unspecified atom stereocenters. The van der Waals surface area contributed by atoms with Gasteiger partial charge in [0, 0.05) is 13.0 Å². The predicted molar refractivity (Wildman–Crippen MR) is 74.0 cm³/mol. The summed E-state index contributed by atoms with van der Waals surface area (Å²) in [6.45, 7) is 7.20. The summed E-state index contributed by atoms with van der Waals surface area (Å²) in [6, 6.07) is 3.98.